The molecule has 5 atom stereocenters. The highest BCUT2D eigenvalue weighted by molar-refractivity contribution is 5.87. The van der Waals surface area contributed by atoms with Gasteiger partial charge < -0.3 is 9.47 Å². The van der Waals surface area contributed by atoms with E-state index in [9.17, 15) is 9.18 Å². The van der Waals surface area contributed by atoms with Gasteiger partial charge in [0.05, 0.1) is 19.5 Å². The molecule has 28 heavy (non-hydrogen) atoms. The molecule has 0 saturated heterocycles. The zero-order chi connectivity index (χ0) is 20.1. The molecule has 0 amide bonds. The average molecular weight is 389 g/mol. The van der Waals surface area contributed by atoms with Gasteiger partial charge in [-0.05, 0) is 91.3 Å². The molecule has 0 radical (unpaired) electrons. The summed E-state index contributed by atoms with van der Waals surface area (Å²) in [5.74, 6) is 1.34. The summed E-state index contributed by atoms with van der Waals surface area (Å²) in [5, 5.41) is 0. The molecule has 0 N–H and O–H groups in total. The Hall–Kier alpha value is -1.58. The zero-order valence-electron chi connectivity index (χ0n) is 17.6. The Morgan fingerprint density at radius 1 is 1.18 bits per heavy atom. The smallest absolute Gasteiger partial charge is 0.367 e. The number of esters is 1. The first kappa shape index (κ1) is 19.7. The fourth-order valence-corrected chi connectivity index (χ4v) is 6.95. The van der Waals surface area contributed by atoms with Crippen LogP contribution in [-0.2, 0) is 14.3 Å². The van der Waals surface area contributed by atoms with Gasteiger partial charge in [-0.25, -0.2) is 4.79 Å². The summed E-state index contributed by atoms with van der Waals surface area (Å²) >= 11 is 0. The summed E-state index contributed by atoms with van der Waals surface area (Å²) in [6, 6.07) is 0. The van der Waals surface area contributed by atoms with E-state index in [1.807, 2.05) is 0 Å². The third-order valence-corrected chi connectivity index (χ3v) is 8.50. The number of rotatable bonds is 3. The van der Waals surface area contributed by atoms with E-state index in [2.05, 4.69) is 26.0 Å². The van der Waals surface area contributed by atoms with Gasteiger partial charge in [0.1, 0.15) is 0 Å². The average Bonchev–Trinajstić information content (AvgIpc) is 3.04. The van der Waals surface area contributed by atoms with Crippen molar-refractivity contribution in [2.75, 3.05) is 13.7 Å². The van der Waals surface area contributed by atoms with Gasteiger partial charge in [-0.15, -0.1) is 0 Å². The van der Waals surface area contributed by atoms with Crippen LogP contribution in [0.25, 0.3) is 0 Å². The van der Waals surface area contributed by atoms with Crippen LogP contribution in [0, 0.1) is 28.6 Å². The van der Waals surface area contributed by atoms with Crippen molar-refractivity contribution in [3.05, 3.63) is 34.9 Å². The van der Waals surface area contributed by atoms with Crippen LogP contribution < -0.4 is 0 Å². The molecule has 4 aliphatic carbocycles. The topological polar surface area (TPSA) is 35.5 Å². The normalized spacial score (nSPS) is 41.1. The fourth-order valence-electron chi connectivity index (χ4n) is 6.95. The summed E-state index contributed by atoms with van der Waals surface area (Å²) < 4.78 is 25.4. The number of hydrogen-bond donors (Lipinski definition) is 0. The van der Waals surface area contributed by atoms with Crippen LogP contribution in [0.3, 0.4) is 0 Å². The van der Waals surface area contributed by atoms with E-state index in [4.69, 9.17) is 9.47 Å². The Morgan fingerprint density at radius 3 is 2.64 bits per heavy atom. The van der Waals surface area contributed by atoms with Gasteiger partial charge in [0.2, 0.25) is 5.83 Å². The Kier molecular flexibility index (Phi) is 4.96. The minimum Gasteiger partial charge on any atom is -0.501 e. The van der Waals surface area contributed by atoms with E-state index in [-0.39, 0.29) is 17.4 Å². The number of allylic oxidation sites excluding steroid dienone is 5. The van der Waals surface area contributed by atoms with Crippen LogP contribution in [0.15, 0.2) is 34.9 Å². The van der Waals surface area contributed by atoms with Crippen molar-refractivity contribution < 1.29 is 18.7 Å². The second-order valence-corrected chi connectivity index (χ2v) is 9.51. The maximum absolute atomic E-state index is 14.9. The van der Waals surface area contributed by atoms with Crippen LogP contribution >= 0.6 is 0 Å². The molecule has 2 fully saturated rings. The number of fused-ring (bicyclic) bond motifs is 5. The molecule has 154 valence electrons. The predicted octanol–water partition coefficient (Wildman–Crippen LogP) is 5.88. The van der Waals surface area contributed by atoms with Crippen molar-refractivity contribution in [3.8, 4) is 0 Å². The molecule has 3 unspecified atom stereocenters. The van der Waals surface area contributed by atoms with Gasteiger partial charge in [0, 0.05) is 6.42 Å². The summed E-state index contributed by atoms with van der Waals surface area (Å²) in [7, 11) is 1.76. The van der Waals surface area contributed by atoms with Gasteiger partial charge >= 0.3 is 5.97 Å². The van der Waals surface area contributed by atoms with E-state index in [1.165, 1.54) is 5.57 Å². The van der Waals surface area contributed by atoms with E-state index in [1.54, 1.807) is 14.0 Å². The molecule has 0 aromatic heterocycles. The number of ether oxygens (including phenoxy) is 2. The molecular weight excluding hydrogens is 355 g/mol. The lowest BCUT2D eigenvalue weighted by Gasteiger charge is -2.56. The monoisotopic (exact) mass is 388 g/mol. The summed E-state index contributed by atoms with van der Waals surface area (Å²) in [6.07, 6.45) is 11.6. The first-order valence-electron chi connectivity index (χ1n) is 10.9. The number of methoxy groups -OCH3 is 1. The van der Waals surface area contributed by atoms with Crippen molar-refractivity contribution in [1.29, 1.82) is 0 Å². The second-order valence-electron chi connectivity index (χ2n) is 9.51. The maximum Gasteiger partial charge on any atom is 0.367 e. The van der Waals surface area contributed by atoms with Crippen molar-refractivity contribution in [3.63, 3.8) is 0 Å². The molecule has 0 spiro atoms. The lowest BCUT2D eigenvalue weighted by Crippen LogP contribution is -2.48. The fraction of sp³-hybridized carbons (Fsp3) is 0.708. The Balaban J connectivity index is 1.66. The third-order valence-electron chi connectivity index (χ3n) is 8.50. The molecule has 3 nitrogen and oxygen atoms in total. The molecule has 2 saturated carbocycles. The van der Waals surface area contributed by atoms with E-state index < -0.39 is 11.8 Å². The zero-order valence-corrected chi connectivity index (χ0v) is 17.6. The van der Waals surface area contributed by atoms with Crippen molar-refractivity contribution in [1.82, 2.24) is 0 Å². The predicted molar refractivity (Wildman–Crippen MR) is 107 cm³/mol. The molecule has 4 aliphatic rings. The van der Waals surface area contributed by atoms with Gasteiger partial charge in [-0.2, -0.15) is 4.39 Å². The highest BCUT2D eigenvalue weighted by Crippen LogP contribution is 2.66. The van der Waals surface area contributed by atoms with Crippen LogP contribution in [0.2, 0.25) is 0 Å². The summed E-state index contributed by atoms with van der Waals surface area (Å²) in [5.41, 5.74) is 2.15. The molecule has 0 aromatic rings. The van der Waals surface area contributed by atoms with Crippen molar-refractivity contribution in [2.24, 2.45) is 28.6 Å². The first-order valence-corrected chi connectivity index (χ1v) is 10.9. The highest BCUT2D eigenvalue weighted by atomic mass is 19.1. The molecule has 4 rings (SSSR count). The Morgan fingerprint density at radius 2 is 1.93 bits per heavy atom. The molecule has 0 aromatic carbocycles. The van der Waals surface area contributed by atoms with Crippen LogP contribution in [0.4, 0.5) is 4.39 Å². The molecule has 4 heteroatoms. The highest BCUT2D eigenvalue weighted by Gasteiger charge is 2.57. The first-order chi connectivity index (χ1) is 13.3. The van der Waals surface area contributed by atoms with Crippen molar-refractivity contribution in [2.45, 2.75) is 65.7 Å². The number of carbonyl (C=O) groups excluding carboxylic acids is 1. The quantitative estimate of drug-likeness (QED) is 0.448. The number of carbonyl (C=O) groups is 1. The molecule has 0 aliphatic heterocycles. The standard InChI is InChI=1S/C24H33FO3/c1-5-28-22(26)21(25)20-9-8-18-17-7-6-15-14-16(27-4)10-12-23(15,2)19(17)11-13-24(18,20)3/h6,14,17-19H,5,7-13H2,1-4H3/b21-20+/t17?,18?,19?,23-,24-/m0/s1. The SMILES string of the molecule is CCOC(=O)/C(F)=C1/CCC2C3CC=C4C=C(OC)CC[C@]4(C)C3CC[C@]12C. The summed E-state index contributed by atoms with van der Waals surface area (Å²) in [4.78, 5) is 12.0. The van der Waals surface area contributed by atoms with Crippen LogP contribution in [-0.4, -0.2) is 19.7 Å². The third kappa shape index (κ3) is 2.78. The number of hydrogen-bond acceptors (Lipinski definition) is 3. The van der Waals surface area contributed by atoms with Gasteiger partial charge in [-0.3, -0.25) is 0 Å². The Labute approximate surface area is 168 Å². The van der Waals surface area contributed by atoms with Gasteiger partial charge in [-0.1, -0.05) is 19.9 Å². The van der Waals surface area contributed by atoms with Crippen LogP contribution in [0.1, 0.15) is 65.7 Å². The van der Waals surface area contributed by atoms with E-state index in [0.717, 1.165) is 49.9 Å². The Bertz CT molecular complexity index is 764. The van der Waals surface area contributed by atoms with E-state index >= 15 is 0 Å². The minimum absolute atomic E-state index is 0.193. The molecular formula is C24H33FO3. The largest absolute Gasteiger partial charge is 0.501 e. The van der Waals surface area contributed by atoms with Gasteiger partial charge in [0.15, 0.2) is 0 Å². The molecule has 0 heterocycles. The lowest BCUT2D eigenvalue weighted by atomic mass is 9.48. The lowest BCUT2D eigenvalue weighted by molar-refractivity contribution is -0.140. The summed E-state index contributed by atoms with van der Waals surface area (Å²) in [6.45, 7) is 6.56. The van der Waals surface area contributed by atoms with Crippen LogP contribution in [0.5, 0.6) is 0 Å². The van der Waals surface area contributed by atoms with Crippen molar-refractivity contribution >= 4 is 5.97 Å². The second kappa shape index (κ2) is 7.03. The minimum atomic E-state index is -0.774. The van der Waals surface area contributed by atoms with E-state index in [0.29, 0.717) is 24.2 Å². The number of halogens is 1. The maximum atomic E-state index is 14.9. The van der Waals surface area contributed by atoms with Gasteiger partial charge in [0.25, 0.3) is 0 Å². The molecule has 0 bridgehead atoms.